The molecule has 2 unspecified atom stereocenters. The predicted molar refractivity (Wildman–Crippen MR) is 91.2 cm³/mol. The van der Waals surface area contributed by atoms with Crippen LogP contribution in [0.1, 0.15) is 40.4 Å². The van der Waals surface area contributed by atoms with E-state index >= 15 is 0 Å². The minimum Gasteiger partial charge on any atom is -0.467 e. The fraction of sp³-hybridized carbons (Fsp3) is 0.278. The zero-order chi connectivity index (χ0) is 19.7. The van der Waals surface area contributed by atoms with Gasteiger partial charge in [0.15, 0.2) is 23.6 Å². The Bertz CT molecular complexity index is 954. The van der Waals surface area contributed by atoms with E-state index in [0.717, 1.165) is 10.4 Å². The van der Waals surface area contributed by atoms with E-state index < -0.39 is 24.2 Å². The zero-order valence-electron chi connectivity index (χ0n) is 14.5. The third-order valence-corrected chi connectivity index (χ3v) is 4.52. The first-order valence-corrected chi connectivity index (χ1v) is 8.62. The summed E-state index contributed by atoms with van der Waals surface area (Å²) in [6.45, 7) is 0.201. The second-order valence-corrected chi connectivity index (χ2v) is 6.44. The lowest BCUT2D eigenvalue weighted by Crippen LogP contribution is -2.35. The number of H-pyrrole nitrogens is 1. The standard InChI is InChI=1S/C18H16F3N5O2/c19-18(20,21)15-8-12(14-5-3-7-28-14)24-16-9-13(25-26(15)16)17(27)23-10-11-4-1-2-6-22-11/h1-7,9,12,15,24H,8,10H2,(H,23,27)/p+1. The van der Waals surface area contributed by atoms with Crippen LogP contribution in [0.15, 0.2) is 53.3 Å². The molecular formula is C18H17F3N5O2+. The summed E-state index contributed by atoms with van der Waals surface area (Å²) in [6, 6.07) is 7.41. The second kappa shape index (κ2) is 7.02. The minimum absolute atomic E-state index is 0.0900. The summed E-state index contributed by atoms with van der Waals surface area (Å²) in [5, 5.41) is 9.52. The van der Waals surface area contributed by atoms with Gasteiger partial charge in [-0.05, 0) is 12.1 Å². The summed E-state index contributed by atoms with van der Waals surface area (Å²) >= 11 is 0. The summed E-state index contributed by atoms with van der Waals surface area (Å²) in [5.41, 5.74) is 0.664. The van der Waals surface area contributed by atoms with Gasteiger partial charge in [0.2, 0.25) is 0 Å². The number of aromatic amines is 1. The number of carbonyl (C=O) groups is 1. The van der Waals surface area contributed by atoms with E-state index in [-0.39, 0.29) is 24.5 Å². The van der Waals surface area contributed by atoms with Crippen molar-refractivity contribution in [2.75, 3.05) is 5.32 Å². The highest BCUT2D eigenvalue weighted by molar-refractivity contribution is 5.93. The van der Waals surface area contributed by atoms with Gasteiger partial charge >= 0.3 is 6.18 Å². The molecule has 1 amide bonds. The third kappa shape index (κ3) is 3.57. The van der Waals surface area contributed by atoms with E-state index in [4.69, 9.17) is 4.42 Å². The molecule has 4 heterocycles. The van der Waals surface area contributed by atoms with Crippen LogP contribution in [0.5, 0.6) is 0 Å². The number of halogens is 3. The molecule has 0 saturated heterocycles. The number of carbonyl (C=O) groups excluding carboxylic acids is 1. The van der Waals surface area contributed by atoms with Crippen LogP contribution in [0.25, 0.3) is 0 Å². The molecule has 10 heteroatoms. The summed E-state index contributed by atoms with van der Waals surface area (Å²) < 4.78 is 46.8. The Morgan fingerprint density at radius 1 is 1.36 bits per heavy atom. The minimum atomic E-state index is -4.51. The summed E-state index contributed by atoms with van der Waals surface area (Å²) in [5.74, 6) is -0.0462. The number of hydrogen-bond acceptors (Lipinski definition) is 4. The second-order valence-electron chi connectivity index (χ2n) is 6.44. The van der Waals surface area contributed by atoms with E-state index in [1.165, 1.54) is 12.3 Å². The van der Waals surface area contributed by atoms with E-state index in [0.29, 0.717) is 5.76 Å². The van der Waals surface area contributed by atoms with Crippen LogP contribution >= 0.6 is 0 Å². The highest BCUT2D eigenvalue weighted by Crippen LogP contribution is 2.43. The number of furan rings is 1. The Kier molecular flexibility index (Phi) is 4.54. The molecule has 3 aromatic heterocycles. The van der Waals surface area contributed by atoms with Gasteiger partial charge in [-0.3, -0.25) is 4.79 Å². The van der Waals surface area contributed by atoms with Gasteiger partial charge in [0.1, 0.15) is 18.1 Å². The van der Waals surface area contributed by atoms with E-state index in [2.05, 4.69) is 20.7 Å². The maximum atomic E-state index is 13.6. The molecule has 1 aliphatic rings. The number of alkyl halides is 3. The molecule has 3 N–H and O–H groups in total. The average Bonchev–Trinajstić information content (AvgIpc) is 3.34. The van der Waals surface area contributed by atoms with Crippen molar-refractivity contribution in [1.82, 2.24) is 15.1 Å². The lowest BCUT2D eigenvalue weighted by molar-refractivity contribution is -0.390. The monoisotopic (exact) mass is 392 g/mol. The van der Waals surface area contributed by atoms with Gasteiger partial charge < -0.3 is 15.1 Å². The first-order chi connectivity index (χ1) is 13.4. The Morgan fingerprint density at radius 3 is 2.89 bits per heavy atom. The van der Waals surface area contributed by atoms with Gasteiger partial charge in [0.25, 0.3) is 5.91 Å². The first kappa shape index (κ1) is 18.1. The third-order valence-electron chi connectivity index (χ3n) is 4.52. The fourth-order valence-corrected chi connectivity index (χ4v) is 3.17. The molecule has 0 radical (unpaired) electrons. The van der Waals surface area contributed by atoms with Gasteiger partial charge in [-0.2, -0.15) is 18.3 Å². The number of nitrogens with zero attached hydrogens (tertiary/aromatic N) is 2. The normalized spacial score (nSPS) is 19.0. The topological polar surface area (TPSA) is 86.2 Å². The van der Waals surface area contributed by atoms with E-state index in [1.54, 1.807) is 36.5 Å². The lowest BCUT2D eigenvalue weighted by atomic mass is 10.0. The number of anilines is 1. The molecule has 0 aromatic carbocycles. The maximum Gasteiger partial charge on any atom is 0.410 e. The molecule has 28 heavy (non-hydrogen) atoms. The van der Waals surface area contributed by atoms with Crippen molar-refractivity contribution in [1.29, 1.82) is 0 Å². The van der Waals surface area contributed by atoms with E-state index in [1.807, 2.05) is 0 Å². The quantitative estimate of drug-likeness (QED) is 0.715. The smallest absolute Gasteiger partial charge is 0.410 e. The summed E-state index contributed by atoms with van der Waals surface area (Å²) in [6.07, 6.45) is -1.68. The zero-order valence-corrected chi connectivity index (χ0v) is 14.5. The molecule has 2 atom stereocenters. The van der Waals surface area contributed by atoms with Crippen molar-refractivity contribution in [3.05, 3.63) is 66.0 Å². The molecule has 146 valence electrons. The van der Waals surface area contributed by atoms with E-state index in [9.17, 15) is 18.0 Å². The predicted octanol–water partition coefficient (Wildman–Crippen LogP) is 2.88. The molecule has 3 aromatic rings. The number of aromatic nitrogens is 3. The van der Waals surface area contributed by atoms with Gasteiger partial charge in [-0.1, -0.05) is 6.07 Å². The number of pyridine rings is 1. The van der Waals surface area contributed by atoms with Crippen molar-refractivity contribution in [2.24, 2.45) is 0 Å². The van der Waals surface area contributed by atoms with Crippen LogP contribution in [0.3, 0.4) is 0 Å². The first-order valence-electron chi connectivity index (χ1n) is 8.62. The number of nitrogens with one attached hydrogen (secondary N) is 3. The molecule has 0 aliphatic carbocycles. The molecule has 0 bridgehead atoms. The van der Waals surface area contributed by atoms with Crippen LogP contribution in [0.4, 0.5) is 19.0 Å². The Balaban J connectivity index is 1.57. The van der Waals surface area contributed by atoms with Crippen LogP contribution in [-0.4, -0.2) is 21.9 Å². The van der Waals surface area contributed by atoms with Crippen LogP contribution in [-0.2, 0) is 6.54 Å². The lowest BCUT2D eigenvalue weighted by Gasteiger charge is -2.32. The Hall–Kier alpha value is -3.30. The Morgan fingerprint density at radius 2 is 2.21 bits per heavy atom. The number of amides is 1. The van der Waals surface area contributed by atoms with Gasteiger partial charge in [-0.15, -0.1) is 0 Å². The van der Waals surface area contributed by atoms with Crippen molar-refractivity contribution < 1.29 is 27.4 Å². The van der Waals surface area contributed by atoms with Crippen molar-refractivity contribution in [3.8, 4) is 0 Å². The summed E-state index contributed by atoms with van der Waals surface area (Å²) in [4.78, 5) is 15.3. The van der Waals surface area contributed by atoms with Gasteiger partial charge in [0.05, 0.1) is 12.3 Å². The molecule has 7 nitrogen and oxygen atoms in total. The highest BCUT2D eigenvalue weighted by Gasteiger charge is 2.47. The number of fused-ring (bicyclic) bond motifs is 1. The molecule has 4 rings (SSSR count). The SMILES string of the molecule is O=C(NCc1cccc[nH+]1)c1cc2n(n1)C(C(F)(F)F)CC(c1ccco1)N2. The van der Waals surface area contributed by atoms with Crippen LogP contribution in [0, 0.1) is 0 Å². The van der Waals surface area contributed by atoms with Crippen molar-refractivity contribution >= 4 is 11.7 Å². The molecule has 0 spiro atoms. The molecule has 1 aliphatic heterocycles. The van der Waals surface area contributed by atoms with Crippen LogP contribution in [0.2, 0.25) is 0 Å². The van der Waals surface area contributed by atoms with Crippen LogP contribution < -0.4 is 15.6 Å². The number of rotatable bonds is 4. The van der Waals surface area contributed by atoms with Gasteiger partial charge in [0, 0.05) is 24.6 Å². The molecule has 0 saturated carbocycles. The molecular weight excluding hydrogens is 375 g/mol. The summed E-state index contributed by atoms with van der Waals surface area (Å²) in [7, 11) is 0. The Labute approximate surface area is 157 Å². The number of hydrogen-bond donors (Lipinski definition) is 2. The molecule has 0 fully saturated rings. The fourth-order valence-electron chi connectivity index (χ4n) is 3.17. The van der Waals surface area contributed by atoms with Gasteiger partial charge in [-0.25, -0.2) is 9.67 Å². The average molecular weight is 392 g/mol. The largest absolute Gasteiger partial charge is 0.467 e. The highest BCUT2D eigenvalue weighted by atomic mass is 19.4. The van der Waals surface area contributed by atoms with Crippen molar-refractivity contribution in [2.45, 2.75) is 31.2 Å². The maximum absolute atomic E-state index is 13.6. The van der Waals surface area contributed by atoms with Crippen molar-refractivity contribution in [3.63, 3.8) is 0 Å².